The van der Waals surface area contributed by atoms with E-state index in [-0.39, 0.29) is 11.9 Å². The van der Waals surface area contributed by atoms with Gasteiger partial charge in [0.25, 0.3) is 0 Å². The van der Waals surface area contributed by atoms with Gasteiger partial charge in [-0.05, 0) is 25.0 Å². The van der Waals surface area contributed by atoms with Crippen LogP contribution >= 0.6 is 0 Å². The molecule has 0 unspecified atom stereocenters. The maximum Gasteiger partial charge on any atom is 0.321 e. The lowest BCUT2D eigenvalue weighted by atomic mass is 9.96. The molecule has 2 heteroatoms. The van der Waals surface area contributed by atoms with Crippen LogP contribution in [-0.2, 0) is 9.53 Å². The number of cyclic esters (lactones) is 1. The lowest BCUT2D eigenvalue weighted by Gasteiger charge is -2.26. The van der Waals surface area contributed by atoms with Crippen molar-refractivity contribution >= 4 is 11.5 Å². The Balaban J connectivity index is 2.33. The van der Waals surface area contributed by atoms with Crippen molar-refractivity contribution in [1.82, 2.24) is 0 Å². The van der Waals surface area contributed by atoms with Crippen LogP contribution in [0.25, 0.3) is 5.57 Å². The SMILES string of the molecule is C/C(=C1/OC(=O)[C@@H]1C)c1ccccc1. The Morgan fingerprint density at radius 3 is 2.43 bits per heavy atom. The Labute approximate surface area is 83.2 Å². The van der Waals surface area contributed by atoms with Crippen molar-refractivity contribution in [2.75, 3.05) is 0 Å². The highest BCUT2D eigenvalue weighted by atomic mass is 16.6. The summed E-state index contributed by atoms with van der Waals surface area (Å²) < 4.78 is 5.01. The van der Waals surface area contributed by atoms with E-state index in [1.54, 1.807) is 0 Å². The van der Waals surface area contributed by atoms with E-state index in [4.69, 9.17) is 4.74 Å². The second-order valence-electron chi connectivity index (χ2n) is 3.50. The molecule has 1 saturated heterocycles. The molecule has 0 amide bonds. The first-order chi connectivity index (χ1) is 6.70. The molecule has 1 fully saturated rings. The standard InChI is InChI=1S/C12H12O2/c1-8(10-6-4-3-5-7-10)11-9(2)12(13)14-11/h3-7,9H,1-2H3/b11-8-/t9-/m1/s1. The Morgan fingerprint density at radius 2 is 1.93 bits per heavy atom. The third-order valence-electron chi connectivity index (χ3n) is 2.53. The van der Waals surface area contributed by atoms with Crippen molar-refractivity contribution in [3.63, 3.8) is 0 Å². The fraction of sp³-hybridized carbons (Fsp3) is 0.250. The van der Waals surface area contributed by atoms with Crippen LogP contribution in [0.15, 0.2) is 36.1 Å². The molecule has 0 aliphatic carbocycles. The van der Waals surface area contributed by atoms with Gasteiger partial charge in [-0.3, -0.25) is 4.79 Å². The molecule has 14 heavy (non-hydrogen) atoms. The number of benzene rings is 1. The summed E-state index contributed by atoms with van der Waals surface area (Å²) in [5.74, 6) is 0.603. The Kier molecular flexibility index (Phi) is 2.12. The van der Waals surface area contributed by atoms with Gasteiger partial charge < -0.3 is 4.74 Å². The normalized spacial score (nSPS) is 23.9. The van der Waals surface area contributed by atoms with Crippen molar-refractivity contribution in [2.24, 2.45) is 5.92 Å². The molecule has 72 valence electrons. The predicted molar refractivity (Wildman–Crippen MR) is 54.3 cm³/mol. The van der Waals surface area contributed by atoms with Gasteiger partial charge in [-0.25, -0.2) is 0 Å². The van der Waals surface area contributed by atoms with Crippen molar-refractivity contribution in [3.8, 4) is 0 Å². The van der Waals surface area contributed by atoms with Gasteiger partial charge in [0.1, 0.15) is 11.7 Å². The Hall–Kier alpha value is -1.57. The van der Waals surface area contributed by atoms with Crippen molar-refractivity contribution in [3.05, 3.63) is 41.7 Å². The first-order valence-electron chi connectivity index (χ1n) is 4.68. The van der Waals surface area contributed by atoms with E-state index in [2.05, 4.69) is 0 Å². The highest BCUT2D eigenvalue weighted by molar-refractivity contribution is 5.87. The quantitative estimate of drug-likeness (QED) is 0.633. The molecule has 1 aliphatic heterocycles. The van der Waals surface area contributed by atoms with E-state index in [0.29, 0.717) is 0 Å². The molecule has 1 heterocycles. The van der Waals surface area contributed by atoms with E-state index < -0.39 is 0 Å². The molecule has 2 rings (SSSR count). The van der Waals surface area contributed by atoms with Gasteiger partial charge in [-0.1, -0.05) is 30.3 Å². The van der Waals surface area contributed by atoms with Gasteiger partial charge in [-0.2, -0.15) is 0 Å². The molecule has 0 N–H and O–H groups in total. The first kappa shape index (κ1) is 9.00. The molecule has 0 aromatic heterocycles. The maximum absolute atomic E-state index is 10.9. The molecule has 1 atom stereocenters. The average Bonchev–Trinajstić information content (AvgIpc) is 2.25. The summed E-state index contributed by atoms with van der Waals surface area (Å²) in [6.45, 7) is 3.85. The van der Waals surface area contributed by atoms with Crippen LogP contribution in [0.5, 0.6) is 0 Å². The minimum atomic E-state index is -0.129. The Morgan fingerprint density at radius 1 is 1.29 bits per heavy atom. The van der Waals surface area contributed by atoms with E-state index in [9.17, 15) is 4.79 Å². The second-order valence-corrected chi connectivity index (χ2v) is 3.50. The van der Waals surface area contributed by atoms with Gasteiger partial charge in [0, 0.05) is 0 Å². The zero-order valence-electron chi connectivity index (χ0n) is 8.28. The molecule has 1 aromatic carbocycles. The van der Waals surface area contributed by atoms with Crippen LogP contribution in [0.1, 0.15) is 19.4 Å². The molecular formula is C12H12O2. The van der Waals surface area contributed by atoms with Gasteiger partial charge >= 0.3 is 5.97 Å². The fourth-order valence-corrected chi connectivity index (χ4v) is 1.57. The highest BCUT2D eigenvalue weighted by Crippen LogP contribution is 2.32. The van der Waals surface area contributed by atoms with Crippen LogP contribution in [0, 0.1) is 5.92 Å². The Bertz CT molecular complexity index is 390. The summed E-state index contributed by atoms with van der Waals surface area (Å²) >= 11 is 0. The molecular weight excluding hydrogens is 176 g/mol. The molecule has 0 spiro atoms. The van der Waals surface area contributed by atoms with Gasteiger partial charge in [0.15, 0.2) is 0 Å². The van der Waals surface area contributed by atoms with Gasteiger partial charge in [0.2, 0.25) is 0 Å². The molecule has 1 aromatic rings. The molecule has 0 radical (unpaired) electrons. The smallest absolute Gasteiger partial charge is 0.321 e. The van der Waals surface area contributed by atoms with Crippen LogP contribution in [0.2, 0.25) is 0 Å². The topological polar surface area (TPSA) is 26.3 Å². The second kappa shape index (κ2) is 3.29. The predicted octanol–water partition coefficient (Wildman–Crippen LogP) is 2.61. The molecule has 2 nitrogen and oxygen atoms in total. The zero-order chi connectivity index (χ0) is 10.1. The minimum absolute atomic E-state index is 0.0739. The van der Waals surface area contributed by atoms with Crippen molar-refractivity contribution in [2.45, 2.75) is 13.8 Å². The lowest BCUT2D eigenvalue weighted by molar-refractivity contribution is -0.155. The van der Waals surface area contributed by atoms with Crippen molar-refractivity contribution < 1.29 is 9.53 Å². The van der Waals surface area contributed by atoms with E-state index >= 15 is 0 Å². The summed E-state index contributed by atoms with van der Waals surface area (Å²) in [5, 5.41) is 0. The van der Waals surface area contributed by atoms with E-state index in [1.165, 1.54) is 0 Å². The summed E-state index contributed by atoms with van der Waals surface area (Å²) in [6.07, 6.45) is 0. The van der Waals surface area contributed by atoms with Crippen LogP contribution in [0.4, 0.5) is 0 Å². The largest absolute Gasteiger partial charge is 0.429 e. The number of esters is 1. The number of hydrogen-bond donors (Lipinski definition) is 0. The summed E-state index contributed by atoms with van der Waals surface area (Å²) in [6, 6.07) is 9.95. The zero-order valence-corrected chi connectivity index (χ0v) is 8.28. The number of carbonyl (C=O) groups is 1. The van der Waals surface area contributed by atoms with E-state index in [1.807, 2.05) is 44.2 Å². The van der Waals surface area contributed by atoms with Crippen LogP contribution in [-0.4, -0.2) is 5.97 Å². The van der Waals surface area contributed by atoms with Crippen LogP contribution < -0.4 is 0 Å². The lowest BCUT2D eigenvalue weighted by Crippen LogP contribution is -2.30. The molecule has 0 saturated carbocycles. The number of allylic oxidation sites excluding steroid dienone is 1. The number of ether oxygens (including phenoxy) is 1. The van der Waals surface area contributed by atoms with Gasteiger partial charge in [0.05, 0.1) is 0 Å². The number of rotatable bonds is 1. The number of carbonyl (C=O) groups excluding carboxylic acids is 1. The molecule has 1 aliphatic rings. The number of hydrogen-bond acceptors (Lipinski definition) is 2. The summed E-state index contributed by atoms with van der Waals surface area (Å²) in [4.78, 5) is 10.9. The van der Waals surface area contributed by atoms with E-state index in [0.717, 1.165) is 16.9 Å². The minimum Gasteiger partial charge on any atom is -0.429 e. The monoisotopic (exact) mass is 188 g/mol. The fourth-order valence-electron chi connectivity index (χ4n) is 1.57. The third kappa shape index (κ3) is 1.33. The highest BCUT2D eigenvalue weighted by Gasteiger charge is 2.34. The first-order valence-corrected chi connectivity index (χ1v) is 4.68. The summed E-state index contributed by atoms with van der Waals surface area (Å²) in [7, 11) is 0. The average molecular weight is 188 g/mol. The molecule has 0 bridgehead atoms. The third-order valence-corrected chi connectivity index (χ3v) is 2.53. The summed E-state index contributed by atoms with van der Waals surface area (Å²) in [5.41, 5.74) is 2.17. The van der Waals surface area contributed by atoms with Crippen molar-refractivity contribution in [1.29, 1.82) is 0 Å². The van der Waals surface area contributed by atoms with Crippen LogP contribution in [0.3, 0.4) is 0 Å². The van der Waals surface area contributed by atoms with Gasteiger partial charge in [-0.15, -0.1) is 0 Å². The maximum atomic E-state index is 10.9.